The second-order valence-corrected chi connectivity index (χ2v) is 17.2. The Balaban J connectivity index is 0.814. The number of rotatable bonds is 42. The Bertz CT molecular complexity index is 1860. The van der Waals surface area contributed by atoms with Crippen LogP contribution in [0.1, 0.15) is 49.3 Å². The van der Waals surface area contributed by atoms with Gasteiger partial charge in [0.05, 0.1) is 156 Å². The Morgan fingerprint density at radius 3 is 1.62 bits per heavy atom. The summed E-state index contributed by atoms with van der Waals surface area (Å²) in [6.07, 6.45) is 4.72. The fourth-order valence-corrected chi connectivity index (χ4v) is 7.95. The van der Waals surface area contributed by atoms with Crippen molar-refractivity contribution in [2.24, 2.45) is 16.6 Å². The normalized spacial score (nSPS) is 14.0. The fourth-order valence-electron chi connectivity index (χ4n) is 6.86. The molecule has 1 saturated heterocycles. The minimum absolute atomic E-state index is 0.0187. The SMILES string of the molecule is CCCN(OCC)C(=O)C1=Cc2sc(CCC3CN(CCOCCOCCOCCOCCOCCOCCOCCOCCOCCOCCC(=O)Oc4c(F)c(F)cc(F)c4F)C3)cc2N=C(N)C1. The number of nitrogens with two attached hydrogens (primary N) is 1. The van der Waals surface area contributed by atoms with Gasteiger partial charge in [-0.05, 0) is 44.2 Å². The number of likely N-dealkylation sites (tertiary alicyclic amines) is 1. The van der Waals surface area contributed by atoms with Crippen molar-refractivity contribution < 1.29 is 84.1 Å². The van der Waals surface area contributed by atoms with Crippen LogP contribution < -0.4 is 10.5 Å². The molecule has 0 unspecified atom stereocenters. The Hall–Kier alpha value is -3.69. The van der Waals surface area contributed by atoms with Gasteiger partial charge in [-0.25, -0.2) is 18.8 Å². The maximum absolute atomic E-state index is 13.6. The highest BCUT2D eigenvalue weighted by Crippen LogP contribution is 2.36. The summed E-state index contributed by atoms with van der Waals surface area (Å²) in [5.74, 6) is -8.56. The summed E-state index contributed by atoms with van der Waals surface area (Å²) in [6.45, 7) is 15.7. The number of hydrogen-bond acceptors (Lipinski definition) is 18. The van der Waals surface area contributed by atoms with E-state index in [1.807, 2.05) is 19.9 Å². The van der Waals surface area contributed by atoms with E-state index in [0.29, 0.717) is 149 Å². The first-order chi connectivity index (χ1) is 34.6. The van der Waals surface area contributed by atoms with E-state index in [1.54, 1.807) is 11.3 Å². The molecule has 2 aromatic rings. The maximum Gasteiger partial charge on any atom is 0.313 e. The van der Waals surface area contributed by atoms with Crippen LogP contribution in [0.4, 0.5) is 23.2 Å². The number of ether oxygens (including phenoxy) is 11. The lowest BCUT2D eigenvalue weighted by Crippen LogP contribution is -2.48. The topological polar surface area (TPSA) is 190 Å². The molecular formula is C48H72F4N4O14S. The van der Waals surface area contributed by atoms with Gasteiger partial charge < -0.3 is 62.7 Å². The monoisotopic (exact) mass is 1040 g/mol. The summed E-state index contributed by atoms with van der Waals surface area (Å²) in [5.41, 5.74) is 7.65. The molecule has 18 nitrogen and oxygen atoms in total. The highest BCUT2D eigenvalue weighted by molar-refractivity contribution is 7.13. The number of fused-ring (bicyclic) bond motifs is 1. The van der Waals surface area contributed by atoms with Crippen LogP contribution in [0.3, 0.4) is 0 Å². The van der Waals surface area contributed by atoms with Crippen LogP contribution in [-0.2, 0) is 68.2 Å². The van der Waals surface area contributed by atoms with E-state index in [-0.39, 0.29) is 31.8 Å². The van der Waals surface area contributed by atoms with Gasteiger partial charge in [-0.1, -0.05) is 6.92 Å². The molecule has 1 fully saturated rings. The van der Waals surface area contributed by atoms with Crippen molar-refractivity contribution in [3.63, 3.8) is 0 Å². The molecule has 1 amide bonds. The van der Waals surface area contributed by atoms with Gasteiger partial charge in [-0.15, -0.1) is 11.3 Å². The number of thiophene rings is 1. The Kier molecular flexibility index (Phi) is 30.6. The minimum atomic E-state index is -1.80. The molecule has 2 aliphatic heterocycles. The average molecular weight is 1040 g/mol. The van der Waals surface area contributed by atoms with Crippen molar-refractivity contribution >= 4 is 40.8 Å². The smallest absolute Gasteiger partial charge is 0.313 e. The molecule has 402 valence electrons. The van der Waals surface area contributed by atoms with E-state index in [4.69, 9.17) is 57.9 Å². The van der Waals surface area contributed by atoms with Crippen LogP contribution in [0, 0.1) is 29.2 Å². The molecule has 1 aromatic carbocycles. The van der Waals surface area contributed by atoms with E-state index in [2.05, 4.69) is 20.7 Å². The molecule has 0 saturated carbocycles. The molecule has 0 radical (unpaired) electrons. The maximum atomic E-state index is 13.6. The van der Waals surface area contributed by atoms with E-state index >= 15 is 0 Å². The third-order valence-corrected chi connectivity index (χ3v) is 11.5. The number of carbonyl (C=O) groups is 2. The van der Waals surface area contributed by atoms with Crippen LogP contribution in [0.2, 0.25) is 0 Å². The number of aryl methyl sites for hydroxylation is 1. The molecule has 3 heterocycles. The molecule has 0 spiro atoms. The van der Waals surface area contributed by atoms with Crippen molar-refractivity contribution in [1.82, 2.24) is 9.96 Å². The fraction of sp³-hybridized carbons (Fsp3) is 0.688. The van der Waals surface area contributed by atoms with Crippen LogP contribution in [0.25, 0.3) is 6.08 Å². The number of halogens is 4. The predicted octanol–water partition coefficient (Wildman–Crippen LogP) is 5.30. The molecule has 2 aliphatic rings. The van der Waals surface area contributed by atoms with Crippen LogP contribution in [0.5, 0.6) is 5.75 Å². The summed E-state index contributed by atoms with van der Waals surface area (Å²) in [4.78, 5) is 39.7. The number of esters is 1. The molecule has 2 N–H and O–H groups in total. The molecule has 23 heteroatoms. The zero-order chi connectivity index (χ0) is 50.9. The number of amidine groups is 1. The zero-order valence-corrected chi connectivity index (χ0v) is 41.9. The number of hydroxylamine groups is 2. The van der Waals surface area contributed by atoms with Crippen LogP contribution in [-0.4, -0.2) is 193 Å². The van der Waals surface area contributed by atoms with Gasteiger partial charge in [0.25, 0.3) is 5.91 Å². The van der Waals surface area contributed by atoms with E-state index in [0.717, 1.165) is 49.5 Å². The third-order valence-electron chi connectivity index (χ3n) is 10.4. The molecule has 0 aliphatic carbocycles. The van der Waals surface area contributed by atoms with Gasteiger partial charge in [0, 0.05) is 49.1 Å². The first kappa shape index (κ1) is 59.9. The Labute approximate surface area is 417 Å². The Morgan fingerprint density at radius 1 is 0.690 bits per heavy atom. The second-order valence-electron chi connectivity index (χ2n) is 16.0. The molecule has 0 atom stereocenters. The standard InChI is InChI=1S/C48H72F4N4O14S/c1-3-8-56(69-4-2)48(58)37-30-42-41(54-43(53)31-37)32-38(71-42)6-5-36-34-55(35-36)9-11-60-13-15-62-17-19-64-21-23-66-25-27-68-29-28-67-26-24-65-22-20-63-18-16-61-14-12-59-10-7-44(57)70-47-45(51)39(49)33-40(50)46(47)52/h30,32-33,36H,3-29,31,34-35H2,1-2H3,(H2,53,54). The number of amides is 1. The summed E-state index contributed by atoms with van der Waals surface area (Å²) in [6, 6.07) is 2.13. The lowest BCUT2D eigenvalue weighted by Gasteiger charge is -2.39. The number of carbonyl (C=O) groups excluding carboxylic acids is 2. The first-order valence-corrected chi connectivity index (χ1v) is 25.1. The lowest BCUT2D eigenvalue weighted by molar-refractivity contribution is -0.180. The predicted molar refractivity (Wildman–Crippen MR) is 255 cm³/mol. The highest BCUT2D eigenvalue weighted by Gasteiger charge is 2.27. The summed E-state index contributed by atoms with van der Waals surface area (Å²) < 4.78 is 113. The van der Waals surface area contributed by atoms with Gasteiger partial charge in [0.2, 0.25) is 17.4 Å². The van der Waals surface area contributed by atoms with Crippen molar-refractivity contribution in [1.29, 1.82) is 0 Å². The first-order valence-electron chi connectivity index (χ1n) is 24.2. The average Bonchev–Trinajstić information content (AvgIpc) is 3.64. The van der Waals surface area contributed by atoms with Gasteiger partial charge >= 0.3 is 5.97 Å². The van der Waals surface area contributed by atoms with Crippen LogP contribution in [0.15, 0.2) is 22.7 Å². The van der Waals surface area contributed by atoms with Crippen molar-refractivity contribution in [2.45, 2.75) is 46.0 Å². The largest absolute Gasteiger partial charge is 0.420 e. The number of benzene rings is 1. The third kappa shape index (κ3) is 24.3. The van der Waals surface area contributed by atoms with Crippen molar-refractivity contribution in [3.05, 3.63) is 50.7 Å². The van der Waals surface area contributed by atoms with E-state index in [1.165, 1.54) is 9.94 Å². The van der Waals surface area contributed by atoms with Gasteiger partial charge in [-0.3, -0.25) is 14.4 Å². The Morgan fingerprint density at radius 2 is 1.15 bits per heavy atom. The van der Waals surface area contributed by atoms with Gasteiger partial charge in [0.1, 0.15) is 5.84 Å². The number of aliphatic imine (C=N–C) groups is 1. The molecule has 0 bridgehead atoms. The molecule has 1 aromatic heterocycles. The van der Waals surface area contributed by atoms with Gasteiger partial charge in [-0.2, -0.15) is 8.78 Å². The molecule has 71 heavy (non-hydrogen) atoms. The zero-order valence-electron chi connectivity index (χ0n) is 41.1. The summed E-state index contributed by atoms with van der Waals surface area (Å²) in [7, 11) is 0. The minimum Gasteiger partial charge on any atom is -0.420 e. The van der Waals surface area contributed by atoms with Crippen molar-refractivity contribution in [2.75, 3.05) is 165 Å². The summed E-state index contributed by atoms with van der Waals surface area (Å²) in [5, 5.41) is 1.43. The van der Waals surface area contributed by atoms with Crippen molar-refractivity contribution in [3.8, 4) is 5.75 Å². The highest BCUT2D eigenvalue weighted by atomic mass is 32.1. The van der Waals surface area contributed by atoms with Gasteiger partial charge in [0.15, 0.2) is 11.6 Å². The summed E-state index contributed by atoms with van der Waals surface area (Å²) >= 11 is 1.69. The molecular weight excluding hydrogens is 965 g/mol. The molecule has 4 rings (SSSR count). The van der Waals surface area contributed by atoms with E-state index in [9.17, 15) is 27.2 Å². The quantitative estimate of drug-likeness (QED) is 0.0225. The van der Waals surface area contributed by atoms with E-state index < -0.39 is 41.4 Å². The lowest BCUT2D eigenvalue weighted by atomic mass is 9.94. The second kappa shape index (κ2) is 36.3. The number of hydrogen-bond donors (Lipinski definition) is 1. The number of nitrogens with zero attached hydrogens (tertiary/aromatic N) is 3. The van der Waals surface area contributed by atoms with Crippen LogP contribution >= 0.6 is 11.3 Å².